The molecular formula is C14H10N4O3. The molecule has 1 aromatic heterocycles. The summed E-state index contributed by atoms with van der Waals surface area (Å²) in [6.07, 6.45) is 1.24. The molecule has 2 amide bonds. The van der Waals surface area contributed by atoms with Gasteiger partial charge in [0.1, 0.15) is 5.69 Å². The van der Waals surface area contributed by atoms with E-state index in [1.807, 2.05) is 6.07 Å². The zero-order valence-corrected chi connectivity index (χ0v) is 10.7. The number of hydrogen-bond acceptors (Lipinski definition) is 4. The Kier molecular flexibility index (Phi) is 4.11. The average Bonchev–Trinajstić information content (AvgIpc) is 2.47. The second-order valence-corrected chi connectivity index (χ2v) is 4.01. The minimum absolute atomic E-state index is 0.109. The van der Waals surface area contributed by atoms with Crippen LogP contribution in [-0.2, 0) is 0 Å². The summed E-state index contributed by atoms with van der Waals surface area (Å²) in [5, 5.41) is 22.5. The van der Waals surface area contributed by atoms with Crippen LogP contribution in [0, 0.1) is 11.3 Å². The zero-order valence-electron chi connectivity index (χ0n) is 10.7. The topological polar surface area (TPSA) is 115 Å². The first-order chi connectivity index (χ1) is 10.1. The van der Waals surface area contributed by atoms with Gasteiger partial charge < -0.3 is 15.7 Å². The van der Waals surface area contributed by atoms with Gasteiger partial charge in [-0.1, -0.05) is 6.07 Å². The Morgan fingerprint density at radius 1 is 1.14 bits per heavy atom. The molecule has 2 rings (SSSR count). The number of urea groups is 1. The summed E-state index contributed by atoms with van der Waals surface area (Å²) >= 11 is 0. The standard InChI is InChI=1S/C14H10N4O3/c15-7-9-2-1-3-10(6-9)17-14(21)18-11-4-5-12(13(19)20)16-8-11/h1-6,8H,(H,19,20)(H2,17,18,21). The van der Waals surface area contributed by atoms with E-state index in [1.54, 1.807) is 18.2 Å². The quantitative estimate of drug-likeness (QED) is 0.798. The number of anilines is 2. The molecule has 0 fully saturated rings. The highest BCUT2D eigenvalue weighted by Gasteiger charge is 2.06. The summed E-state index contributed by atoms with van der Waals surface area (Å²) < 4.78 is 0. The van der Waals surface area contributed by atoms with E-state index in [4.69, 9.17) is 10.4 Å². The van der Waals surface area contributed by atoms with Gasteiger partial charge in [-0.25, -0.2) is 14.6 Å². The molecule has 7 nitrogen and oxygen atoms in total. The van der Waals surface area contributed by atoms with E-state index >= 15 is 0 Å². The molecule has 0 unspecified atom stereocenters. The third-order valence-electron chi connectivity index (χ3n) is 2.49. The maximum atomic E-state index is 11.8. The summed E-state index contributed by atoms with van der Waals surface area (Å²) in [5.41, 5.74) is 1.15. The third kappa shape index (κ3) is 3.78. The van der Waals surface area contributed by atoms with Gasteiger partial charge in [-0.2, -0.15) is 5.26 Å². The lowest BCUT2D eigenvalue weighted by molar-refractivity contribution is 0.0690. The van der Waals surface area contributed by atoms with Crippen LogP contribution in [0.1, 0.15) is 16.1 Å². The van der Waals surface area contributed by atoms with E-state index in [-0.39, 0.29) is 5.69 Å². The third-order valence-corrected chi connectivity index (χ3v) is 2.49. The Bertz CT molecular complexity index is 720. The van der Waals surface area contributed by atoms with Crippen molar-refractivity contribution in [3.63, 3.8) is 0 Å². The molecule has 0 aliphatic carbocycles. The SMILES string of the molecule is N#Cc1cccc(NC(=O)Nc2ccc(C(=O)O)nc2)c1. The van der Waals surface area contributed by atoms with Crippen molar-refractivity contribution >= 4 is 23.4 Å². The fourth-order valence-electron chi connectivity index (χ4n) is 1.55. The summed E-state index contributed by atoms with van der Waals surface area (Å²) in [4.78, 5) is 26.1. The molecule has 7 heteroatoms. The molecule has 0 bridgehead atoms. The highest BCUT2D eigenvalue weighted by Crippen LogP contribution is 2.11. The van der Waals surface area contributed by atoms with E-state index in [0.29, 0.717) is 16.9 Å². The Morgan fingerprint density at radius 2 is 1.90 bits per heavy atom. The van der Waals surface area contributed by atoms with Crippen LogP contribution in [0.15, 0.2) is 42.6 Å². The highest BCUT2D eigenvalue weighted by atomic mass is 16.4. The molecule has 3 N–H and O–H groups in total. The first-order valence-corrected chi connectivity index (χ1v) is 5.86. The van der Waals surface area contributed by atoms with Crippen molar-refractivity contribution < 1.29 is 14.7 Å². The monoisotopic (exact) mass is 282 g/mol. The van der Waals surface area contributed by atoms with Gasteiger partial charge in [0, 0.05) is 5.69 Å². The molecule has 0 spiro atoms. The van der Waals surface area contributed by atoms with Crippen molar-refractivity contribution in [2.24, 2.45) is 0 Å². The number of nitrogens with zero attached hydrogens (tertiary/aromatic N) is 2. The van der Waals surface area contributed by atoms with Crippen LogP contribution in [0.5, 0.6) is 0 Å². The highest BCUT2D eigenvalue weighted by molar-refractivity contribution is 5.99. The largest absolute Gasteiger partial charge is 0.477 e. The van der Waals surface area contributed by atoms with Crippen molar-refractivity contribution in [3.05, 3.63) is 53.9 Å². The lowest BCUT2D eigenvalue weighted by atomic mass is 10.2. The maximum Gasteiger partial charge on any atom is 0.354 e. The second kappa shape index (κ2) is 6.16. The molecule has 1 heterocycles. The number of nitriles is 1. The fourth-order valence-corrected chi connectivity index (χ4v) is 1.55. The van der Waals surface area contributed by atoms with Gasteiger partial charge in [0.05, 0.1) is 23.5 Å². The number of carboxylic acids is 1. The molecule has 2 aromatic rings. The predicted octanol–water partition coefficient (Wildman–Crippen LogP) is 2.30. The summed E-state index contributed by atoms with van der Waals surface area (Å²) in [6, 6.07) is 10.6. The molecule has 1 aromatic carbocycles. The first kappa shape index (κ1) is 14.0. The number of pyridine rings is 1. The van der Waals surface area contributed by atoms with E-state index in [0.717, 1.165) is 0 Å². The van der Waals surface area contributed by atoms with Crippen molar-refractivity contribution in [2.75, 3.05) is 10.6 Å². The van der Waals surface area contributed by atoms with Crippen LogP contribution in [0.4, 0.5) is 16.2 Å². The molecule has 0 saturated heterocycles. The number of hydrogen-bond donors (Lipinski definition) is 3. The fraction of sp³-hybridized carbons (Fsp3) is 0. The molecule has 0 radical (unpaired) electrons. The van der Waals surface area contributed by atoms with Crippen LogP contribution < -0.4 is 10.6 Å². The Morgan fingerprint density at radius 3 is 2.52 bits per heavy atom. The molecule has 0 aliphatic heterocycles. The summed E-state index contributed by atoms with van der Waals surface area (Å²) in [7, 11) is 0. The molecule has 0 saturated carbocycles. The van der Waals surface area contributed by atoms with Crippen molar-refractivity contribution in [2.45, 2.75) is 0 Å². The molecule has 0 aliphatic rings. The Balaban J connectivity index is 2.01. The number of aromatic nitrogens is 1. The van der Waals surface area contributed by atoms with Crippen molar-refractivity contribution in [1.29, 1.82) is 5.26 Å². The van der Waals surface area contributed by atoms with E-state index in [2.05, 4.69) is 15.6 Å². The number of benzene rings is 1. The summed E-state index contributed by atoms with van der Waals surface area (Å²) in [5.74, 6) is -1.14. The number of aromatic carboxylic acids is 1. The van der Waals surface area contributed by atoms with Gasteiger partial charge in [-0.3, -0.25) is 0 Å². The van der Waals surface area contributed by atoms with Crippen LogP contribution in [-0.4, -0.2) is 22.1 Å². The number of amides is 2. The number of carboxylic acid groups (broad SMARTS) is 1. The maximum absolute atomic E-state index is 11.8. The molecular weight excluding hydrogens is 272 g/mol. The van der Waals surface area contributed by atoms with Gasteiger partial charge >= 0.3 is 12.0 Å². The number of carbonyl (C=O) groups excluding carboxylic acids is 1. The number of rotatable bonds is 3. The lowest BCUT2D eigenvalue weighted by Crippen LogP contribution is -2.19. The Labute approximate surface area is 119 Å². The Hall–Kier alpha value is -3.40. The number of carbonyl (C=O) groups is 2. The van der Waals surface area contributed by atoms with Gasteiger partial charge in [0.15, 0.2) is 0 Å². The van der Waals surface area contributed by atoms with Crippen molar-refractivity contribution in [3.8, 4) is 6.07 Å². The predicted molar refractivity (Wildman–Crippen MR) is 75.0 cm³/mol. The van der Waals surface area contributed by atoms with Gasteiger partial charge in [0.2, 0.25) is 0 Å². The zero-order chi connectivity index (χ0) is 15.2. The van der Waals surface area contributed by atoms with Crippen LogP contribution in [0.3, 0.4) is 0 Å². The average molecular weight is 282 g/mol. The van der Waals surface area contributed by atoms with E-state index in [9.17, 15) is 9.59 Å². The number of nitrogens with one attached hydrogen (secondary N) is 2. The molecule has 21 heavy (non-hydrogen) atoms. The van der Waals surface area contributed by atoms with Crippen molar-refractivity contribution in [1.82, 2.24) is 4.98 Å². The smallest absolute Gasteiger partial charge is 0.354 e. The molecule has 0 atom stereocenters. The van der Waals surface area contributed by atoms with Crippen LogP contribution >= 0.6 is 0 Å². The minimum Gasteiger partial charge on any atom is -0.477 e. The lowest BCUT2D eigenvalue weighted by Gasteiger charge is -2.07. The van der Waals surface area contributed by atoms with Gasteiger partial charge in [-0.05, 0) is 30.3 Å². The normalized spacial score (nSPS) is 9.48. The van der Waals surface area contributed by atoms with E-state index in [1.165, 1.54) is 24.4 Å². The van der Waals surface area contributed by atoms with Crippen LogP contribution in [0.25, 0.3) is 0 Å². The van der Waals surface area contributed by atoms with E-state index < -0.39 is 12.0 Å². The minimum atomic E-state index is -1.14. The van der Waals surface area contributed by atoms with Crippen LogP contribution in [0.2, 0.25) is 0 Å². The second-order valence-electron chi connectivity index (χ2n) is 4.01. The van der Waals surface area contributed by atoms with Gasteiger partial charge in [-0.15, -0.1) is 0 Å². The molecule has 104 valence electrons. The van der Waals surface area contributed by atoms with Gasteiger partial charge in [0.25, 0.3) is 0 Å². The summed E-state index contributed by atoms with van der Waals surface area (Å²) in [6.45, 7) is 0. The first-order valence-electron chi connectivity index (χ1n) is 5.86.